The summed E-state index contributed by atoms with van der Waals surface area (Å²) in [5.74, 6) is 0. The molecule has 1 rings (SSSR count). The van der Waals surface area contributed by atoms with Gasteiger partial charge in [-0.2, -0.15) is 5.10 Å². The zero-order valence-corrected chi connectivity index (χ0v) is 6.27. The molecule has 0 unspecified atom stereocenters. The van der Waals surface area contributed by atoms with Crippen LogP contribution >= 0.6 is 0 Å². The molecule has 4 heteroatoms. The molecule has 1 aromatic rings. The van der Waals surface area contributed by atoms with E-state index in [4.69, 9.17) is 0 Å². The van der Waals surface area contributed by atoms with Gasteiger partial charge in [0.2, 0.25) is 0 Å². The molecule has 0 radical (unpaired) electrons. The number of aromatic nitrogens is 2. The highest BCUT2D eigenvalue weighted by molar-refractivity contribution is 5.76. The van der Waals surface area contributed by atoms with Crippen LogP contribution in [0.25, 0.3) is 0 Å². The van der Waals surface area contributed by atoms with Crippen molar-refractivity contribution in [1.82, 2.24) is 9.78 Å². The summed E-state index contributed by atoms with van der Waals surface area (Å²) in [6, 6.07) is 1.80. The predicted molar refractivity (Wildman–Crippen MR) is 41.8 cm³/mol. The molecule has 0 amide bonds. The van der Waals surface area contributed by atoms with Gasteiger partial charge in [-0.15, -0.1) is 0 Å². The molecule has 0 saturated heterocycles. The summed E-state index contributed by atoms with van der Waals surface area (Å²) in [4.78, 5) is 13.8. The lowest BCUT2D eigenvalue weighted by Crippen LogP contribution is -1.99. The van der Waals surface area contributed by atoms with Gasteiger partial charge in [0.25, 0.3) is 0 Å². The maximum absolute atomic E-state index is 10.0. The lowest BCUT2D eigenvalue weighted by atomic mass is 10.5. The molecule has 0 fully saturated rings. The molecule has 0 spiro atoms. The van der Waals surface area contributed by atoms with Gasteiger partial charge in [0.15, 0.2) is 0 Å². The molecular weight excluding hydrogens is 142 g/mol. The van der Waals surface area contributed by atoms with Gasteiger partial charge >= 0.3 is 0 Å². The number of nitrogens with zero attached hydrogens (tertiary/aromatic N) is 3. The van der Waals surface area contributed by atoms with Gasteiger partial charge in [-0.3, -0.25) is 9.67 Å². The second kappa shape index (κ2) is 3.65. The minimum absolute atomic E-state index is 0.303. The summed E-state index contributed by atoms with van der Waals surface area (Å²) in [5, 5.41) is 4.03. The van der Waals surface area contributed by atoms with E-state index in [2.05, 4.69) is 10.1 Å². The standard InChI is InChI=1S/C7H9N3O/c1-8-6-7-2-3-10(9-7)4-5-11/h2-3,5-6H,4H2,1H3. The van der Waals surface area contributed by atoms with Crippen molar-refractivity contribution in [1.29, 1.82) is 0 Å². The lowest BCUT2D eigenvalue weighted by Gasteiger charge is -1.88. The molecule has 0 aliphatic carbocycles. The van der Waals surface area contributed by atoms with Crippen molar-refractivity contribution in [2.45, 2.75) is 6.54 Å². The maximum atomic E-state index is 10.0. The Kier molecular flexibility index (Phi) is 2.54. The van der Waals surface area contributed by atoms with Crippen LogP contribution in [0, 0.1) is 0 Å². The first kappa shape index (κ1) is 7.65. The van der Waals surface area contributed by atoms with Gasteiger partial charge < -0.3 is 4.79 Å². The van der Waals surface area contributed by atoms with Crippen molar-refractivity contribution in [3.05, 3.63) is 18.0 Å². The number of carbonyl (C=O) groups is 1. The van der Waals surface area contributed by atoms with Crippen molar-refractivity contribution >= 4 is 12.5 Å². The second-order valence-corrected chi connectivity index (χ2v) is 2.02. The zero-order chi connectivity index (χ0) is 8.10. The van der Waals surface area contributed by atoms with Crippen molar-refractivity contribution in [3.8, 4) is 0 Å². The number of aliphatic imine (C=N–C) groups is 1. The molecule has 0 N–H and O–H groups in total. The third-order valence-electron chi connectivity index (χ3n) is 1.18. The topological polar surface area (TPSA) is 47.2 Å². The van der Waals surface area contributed by atoms with E-state index >= 15 is 0 Å². The molecule has 0 aliphatic heterocycles. The van der Waals surface area contributed by atoms with Crippen molar-refractivity contribution < 1.29 is 4.79 Å². The summed E-state index contributed by atoms with van der Waals surface area (Å²) < 4.78 is 1.56. The maximum Gasteiger partial charge on any atom is 0.141 e. The fourth-order valence-corrected chi connectivity index (χ4v) is 0.757. The van der Waals surface area contributed by atoms with Crippen LogP contribution in [0.3, 0.4) is 0 Å². The highest BCUT2D eigenvalue weighted by Crippen LogP contribution is 1.90. The summed E-state index contributed by atoms with van der Waals surface area (Å²) >= 11 is 0. The average Bonchev–Trinajstić information content (AvgIpc) is 2.38. The summed E-state index contributed by atoms with van der Waals surface area (Å²) in [5.41, 5.74) is 0.773. The van der Waals surface area contributed by atoms with Crippen molar-refractivity contribution in [2.75, 3.05) is 7.05 Å². The Morgan fingerprint density at radius 1 is 1.82 bits per heavy atom. The van der Waals surface area contributed by atoms with Gasteiger partial charge in [0, 0.05) is 19.5 Å². The van der Waals surface area contributed by atoms with E-state index in [1.165, 1.54) is 0 Å². The summed E-state index contributed by atoms with van der Waals surface area (Å²) in [6.45, 7) is 0.303. The molecule has 11 heavy (non-hydrogen) atoms. The molecule has 0 aliphatic rings. The Labute approximate surface area is 64.6 Å². The molecule has 0 aromatic carbocycles. The first-order valence-electron chi connectivity index (χ1n) is 3.26. The van der Waals surface area contributed by atoms with E-state index in [0.29, 0.717) is 6.54 Å². The van der Waals surface area contributed by atoms with Gasteiger partial charge in [0.1, 0.15) is 12.0 Å². The smallest absolute Gasteiger partial charge is 0.141 e. The minimum atomic E-state index is 0.303. The number of hydrogen-bond donors (Lipinski definition) is 0. The molecule has 1 aromatic heterocycles. The fourth-order valence-electron chi connectivity index (χ4n) is 0.757. The third kappa shape index (κ3) is 2.00. The fraction of sp³-hybridized carbons (Fsp3) is 0.286. The monoisotopic (exact) mass is 151 g/mol. The minimum Gasteiger partial charge on any atom is -0.301 e. The number of aldehydes is 1. The highest BCUT2D eigenvalue weighted by atomic mass is 16.1. The molecule has 4 nitrogen and oxygen atoms in total. The lowest BCUT2D eigenvalue weighted by molar-refractivity contribution is -0.108. The Hall–Kier alpha value is -1.45. The van der Waals surface area contributed by atoms with E-state index < -0.39 is 0 Å². The van der Waals surface area contributed by atoms with E-state index in [0.717, 1.165) is 12.0 Å². The molecular formula is C7H9N3O. The van der Waals surface area contributed by atoms with Crippen molar-refractivity contribution in [2.24, 2.45) is 4.99 Å². The SMILES string of the molecule is CN=Cc1ccn(CC=O)n1. The van der Waals surface area contributed by atoms with Crippen LogP contribution in [0.4, 0.5) is 0 Å². The number of hydrogen-bond acceptors (Lipinski definition) is 3. The van der Waals surface area contributed by atoms with E-state index in [-0.39, 0.29) is 0 Å². The predicted octanol–water partition coefficient (Wildman–Crippen LogP) is 0.131. The van der Waals surface area contributed by atoms with E-state index in [9.17, 15) is 4.79 Å². The van der Waals surface area contributed by atoms with Crippen molar-refractivity contribution in [3.63, 3.8) is 0 Å². The van der Waals surface area contributed by atoms with Gasteiger partial charge in [0.05, 0.1) is 6.54 Å². The Morgan fingerprint density at radius 2 is 2.64 bits per heavy atom. The first-order valence-corrected chi connectivity index (χ1v) is 3.26. The van der Waals surface area contributed by atoms with Crippen LogP contribution in [0.15, 0.2) is 17.3 Å². The van der Waals surface area contributed by atoms with Crippen LogP contribution in [0.5, 0.6) is 0 Å². The second-order valence-electron chi connectivity index (χ2n) is 2.02. The van der Waals surface area contributed by atoms with Crippen LogP contribution in [-0.2, 0) is 11.3 Å². The van der Waals surface area contributed by atoms with Gasteiger partial charge in [-0.05, 0) is 6.07 Å². The zero-order valence-electron chi connectivity index (χ0n) is 6.27. The first-order chi connectivity index (χ1) is 5.36. The van der Waals surface area contributed by atoms with Crippen LogP contribution in [0.1, 0.15) is 5.69 Å². The molecule has 58 valence electrons. The Bertz CT molecular complexity index is 264. The van der Waals surface area contributed by atoms with Crippen LogP contribution in [0.2, 0.25) is 0 Å². The third-order valence-corrected chi connectivity index (χ3v) is 1.18. The molecule has 0 saturated carbocycles. The molecule has 0 bridgehead atoms. The van der Waals surface area contributed by atoms with Crippen LogP contribution in [-0.4, -0.2) is 29.3 Å². The van der Waals surface area contributed by atoms with Gasteiger partial charge in [-0.1, -0.05) is 0 Å². The summed E-state index contributed by atoms with van der Waals surface area (Å²) in [6.07, 6.45) is 4.19. The highest BCUT2D eigenvalue weighted by Gasteiger charge is 1.92. The number of carbonyl (C=O) groups excluding carboxylic acids is 1. The largest absolute Gasteiger partial charge is 0.301 e. The average molecular weight is 151 g/mol. The quantitative estimate of drug-likeness (QED) is 0.455. The van der Waals surface area contributed by atoms with E-state index in [1.807, 2.05) is 0 Å². The molecule has 1 heterocycles. The normalized spacial score (nSPS) is 10.6. The Balaban J connectivity index is 2.72. The molecule has 0 atom stereocenters. The summed E-state index contributed by atoms with van der Waals surface area (Å²) in [7, 11) is 1.68. The van der Waals surface area contributed by atoms with E-state index in [1.54, 1.807) is 30.2 Å². The Morgan fingerprint density at radius 3 is 3.27 bits per heavy atom. The van der Waals surface area contributed by atoms with Gasteiger partial charge in [-0.25, -0.2) is 0 Å². The number of rotatable bonds is 3. The van der Waals surface area contributed by atoms with Crippen LogP contribution < -0.4 is 0 Å².